The van der Waals surface area contributed by atoms with Gasteiger partial charge in [0, 0.05) is 12.0 Å². The number of rotatable bonds is 1. The van der Waals surface area contributed by atoms with Crippen LogP contribution in [0, 0.1) is 18.3 Å². The summed E-state index contributed by atoms with van der Waals surface area (Å²) < 4.78 is 5.05. The van der Waals surface area contributed by atoms with Crippen molar-refractivity contribution in [3.05, 3.63) is 0 Å². The molecule has 17 heavy (non-hydrogen) atoms. The molecule has 2 rings (SSSR count). The predicted octanol–water partition coefficient (Wildman–Crippen LogP) is 1.38. The van der Waals surface area contributed by atoms with Crippen LogP contribution in [0.4, 0.5) is 4.79 Å². The van der Waals surface area contributed by atoms with Gasteiger partial charge in [-0.3, -0.25) is 4.90 Å². The fraction of sp³-hybridized carbons (Fsp3) is 0.769. The number of likely N-dealkylation sites (tertiary alicyclic amines) is 1. The summed E-state index contributed by atoms with van der Waals surface area (Å²) in [5, 5.41) is 9.97. The molecule has 1 amide bonds. The first-order valence-corrected chi connectivity index (χ1v) is 6.28. The van der Waals surface area contributed by atoms with Crippen molar-refractivity contribution >= 4 is 6.09 Å². The Morgan fingerprint density at radius 2 is 2.35 bits per heavy atom. The lowest BCUT2D eigenvalue weighted by Gasteiger charge is -2.34. The van der Waals surface area contributed by atoms with Gasteiger partial charge in [0.15, 0.2) is 0 Å². The van der Waals surface area contributed by atoms with Gasteiger partial charge < -0.3 is 9.84 Å². The average molecular weight is 237 g/mol. The number of nitrogens with zero attached hydrogens (tertiary/aromatic N) is 1. The van der Waals surface area contributed by atoms with E-state index >= 15 is 0 Å². The number of fused-ring (bicyclic) bond motifs is 1. The first kappa shape index (κ1) is 12.3. The Labute approximate surface area is 102 Å². The molecule has 4 nitrogen and oxygen atoms in total. The minimum Gasteiger partial charge on any atom is -0.450 e. The number of terminal acetylenes is 1. The van der Waals surface area contributed by atoms with Gasteiger partial charge in [0.05, 0.1) is 18.8 Å². The van der Waals surface area contributed by atoms with Crippen LogP contribution in [0.1, 0.15) is 32.6 Å². The maximum absolute atomic E-state index is 11.9. The summed E-state index contributed by atoms with van der Waals surface area (Å²) in [5.74, 6) is 2.76. The van der Waals surface area contributed by atoms with Gasteiger partial charge in [-0.15, -0.1) is 6.42 Å². The third-order valence-electron chi connectivity index (χ3n) is 3.85. The van der Waals surface area contributed by atoms with Crippen molar-refractivity contribution in [1.82, 2.24) is 4.90 Å². The second kappa shape index (κ2) is 4.97. The van der Waals surface area contributed by atoms with Crippen LogP contribution < -0.4 is 0 Å². The lowest BCUT2D eigenvalue weighted by Crippen LogP contribution is -2.45. The summed E-state index contributed by atoms with van der Waals surface area (Å²) in [5.41, 5.74) is 0. The highest BCUT2D eigenvalue weighted by molar-refractivity contribution is 5.69. The van der Waals surface area contributed by atoms with E-state index in [1.165, 1.54) is 0 Å². The van der Waals surface area contributed by atoms with Crippen molar-refractivity contribution in [3.8, 4) is 12.3 Å². The van der Waals surface area contributed by atoms with Gasteiger partial charge in [0.25, 0.3) is 0 Å². The zero-order valence-electron chi connectivity index (χ0n) is 10.1. The maximum Gasteiger partial charge on any atom is 0.411 e. The average Bonchev–Trinajstić information content (AvgIpc) is 2.69. The van der Waals surface area contributed by atoms with E-state index in [4.69, 9.17) is 11.2 Å². The van der Waals surface area contributed by atoms with Gasteiger partial charge in [0.1, 0.15) is 0 Å². The van der Waals surface area contributed by atoms with Gasteiger partial charge in [-0.1, -0.05) is 5.92 Å². The molecule has 0 aromatic rings. The van der Waals surface area contributed by atoms with Crippen molar-refractivity contribution in [3.63, 3.8) is 0 Å². The standard InChI is InChI=1S/C13H19NO3/c1-3-9-8-10-11(6-5-7-12(10)15)14(9)13(16)17-4-2/h1,9-12,15H,4-8H2,2H3. The number of carbonyl (C=O) groups is 1. The minimum atomic E-state index is -0.336. The molecule has 4 atom stereocenters. The molecule has 1 aliphatic heterocycles. The van der Waals surface area contributed by atoms with Crippen molar-refractivity contribution in [2.75, 3.05) is 6.61 Å². The monoisotopic (exact) mass is 237 g/mol. The minimum absolute atomic E-state index is 0.0545. The summed E-state index contributed by atoms with van der Waals surface area (Å²) in [6.45, 7) is 2.14. The van der Waals surface area contributed by atoms with Crippen LogP contribution in [0.15, 0.2) is 0 Å². The summed E-state index contributed by atoms with van der Waals surface area (Å²) in [6.07, 6.45) is 8.18. The van der Waals surface area contributed by atoms with E-state index in [-0.39, 0.29) is 30.2 Å². The molecule has 1 N–H and O–H groups in total. The molecule has 1 heterocycles. The zero-order valence-corrected chi connectivity index (χ0v) is 10.1. The molecular formula is C13H19NO3. The molecule has 2 aliphatic rings. The molecule has 4 heteroatoms. The third kappa shape index (κ3) is 2.12. The van der Waals surface area contributed by atoms with Gasteiger partial charge in [-0.2, -0.15) is 0 Å². The van der Waals surface area contributed by atoms with E-state index in [0.717, 1.165) is 19.3 Å². The van der Waals surface area contributed by atoms with Crippen LogP contribution >= 0.6 is 0 Å². The second-order valence-corrected chi connectivity index (χ2v) is 4.75. The molecule has 4 unspecified atom stereocenters. The topological polar surface area (TPSA) is 49.8 Å². The van der Waals surface area contributed by atoms with Gasteiger partial charge in [0.2, 0.25) is 0 Å². The number of hydrogen-bond acceptors (Lipinski definition) is 3. The van der Waals surface area contributed by atoms with Gasteiger partial charge in [-0.25, -0.2) is 4.79 Å². The van der Waals surface area contributed by atoms with Crippen molar-refractivity contribution in [2.45, 2.75) is 50.8 Å². The highest BCUT2D eigenvalue weighted by Crippen LogP contribution is 2.39. The quantitative estimate of drug-likeness (QED) is 0.701. The van der Waals surface area contributed by atoms with Crippen LogP contribution in [0.5, 0.6) is 0 Å². The lowest BCUT2D eigenvalue weighted by atomic mass is 9.82. The Morgan fingerprint density at radius 3 is 3.00 bits per heavy atom. The van der Waals surface area contributed by atoms with E-state index in [2.05, 4.69) is 5.92 Å². The molecule has 0 radical (unpaired) electrons. The van der Waals surface area contributed by atoms with E-state index in [0.29, 0.717) is 13.0 Å². The first-order valence-electron chi connectivity index (χ1n) is 6.28. The molecule has 1 saturated heterocycles. The molecule has 1 aliphatic carbocycles. The fourth-order valence-electron chi connectivity index (χ4n) is 3.09. The maximum atomic E-state index is 11.9. The number of amides is 1. The number of aliphatic hydroxyl groups excluding tert-OH is 1. The molecule has 0 aromatic heterocycles. The largest absolute Gasteiger partial charge is 0.450 e. The number of ether oxygens (including phenoxy) is 1. The van der Waals surface area contributed by atoms with Crippen LogP contribution in [0.3, 0.4) is 0 Å². The highest BCUT2D eigenvalue weighted by atomic mass is 16.6. The Kier molecular flexibility index (Phi) is 3.58. The van der Waals surface area contributed by atoms with Crippen LogP contribution in [-0.4, -0.2) is 40.9 Å². The van der Waals surface area contributed by atoms with Crippen LogP contribution in [-0.2, 0) is 4.74 Å². The normalized spacial score (nSPS) is 36.2. The van der Waals surface area contributed by atoms with E-state index in [1.807, 2.05) is 0 Å². The Balaban J connectivity index is 2.17. The summed E-state index contributed by atoms with van der Waals surface area (Å²) >= 11 is 0. The van der Waals surface area contributed by atoms with Crippen LogP contribution in [0.2, 0.25) is 0 Å². The van der Waals surface area contributed by atoms with Crippen molar-refractivity contribution in [2.24, 2.45) is 5.92 Å². The van der Waals surface area contributed by atoms with E-state index in [1.54, 1.807) is 11.8 Å². The number of carbonyl (C=O) groups excluding carboxylic acids is 1. The molecular weight excluding hydrogens is 218 g/mol. The van der Waals surface area contributed by atoms with Gasteiger partial charge in [-0.05, 0) is 32.6 Å². The van der Waals surface area contributed by atoms with Crippen LogP contribution in [0.25, 0.3) is 0 Å². The summed E-state index contributed by atoms with van der Waals surface area (Å²) in [4.78, 5) is 13.6. The summed E-state index contributed by atoms with van der Waals surface area (Å²) in [6, 6.07) is -0.171. The molecule has 94 valence electrons. The fourth-order valence-corrected chi connectivity index (χ4v) is 3.09. The molecule has 0 bridgehead atoms. The molecule has 1 saturated carbocycles. The third-order valence-corrected chi connectivity index (χ3v) is 3.85. The molecule has 0 aromatic carbocycles. The Bertz CT molecular complexity index is 336. The van der Waals surface area contributed by atoms with Crippen molar-refractivity contribution in [1.29, 1.82) is 0 Å². The predicted molar refractivity (Wildman–Crippen MR) is 63.2 cm³/mol. The van der Waals surface area contributed by atoms with Crippen molar-refractivity contribution < 1.29 is 14.6 Å². The lowest BCUT2D eigenvalue weighted by molar-refractivity contribution is 0.0351. The first-order chi connectivity index (χ1) is 8.19. The molecule has 0 spiro atoms. The zero-order chi connectivity index (χ0) is 12.4. The smallest absolute Gasteiger partial charge is 0.411 e. The van der Waals surface area contributed by atoms with E-state index in [9.17, 15) is 9.90 Å². The number of aliphatic hydroxyl groups is 1. The summed E-state index contributed by atoms with van der Waals surface area (Å²) in [7, 11) is 0. The molecule has 2 fully saturated rings. The highest BCUT2D eigenvalue weighted by Gasteiger charge is 2.47. The number of hydrogen-bond donors (Lipinski definition) is 1. The Hall–Kier alpha value is -1.21. The van der Waals surface area contributed by atoms with E-state index < -0.39 is 0 Å². The van der Waals surface area contributed by atoms with Gasteiger partial charge >= 0.3 is 6.09 Å². The second-order valence-electron chi connectivity index (χ2n) is 4.75. The SMILES string of the molecule is C#CC1CC2C(O)CCCC2N1C(=O)OCC. The Morgan fingerprint density at radius 1 is 1.59 bits per heavy atom.